The smallest absolute Gasteiger partial charge is 0.356 e. The van der Waals surface area contributed by atoms with Gasteiger partial charge in [-0.15, -0.1) is 23.4 Å². The predicted octanol–water partition coefficient (Wildman–Crippen LogP) is 3.25. The highest BCUT2D eigenvalue weighted by molar-refractivity contribution is 8.00. The molecular formula is C28H25ClN6O5S2. The van der Waals surface area contributed by atoms with E-state index < -0.39 is 35.3 Å². The second kappa shape index (κ2) is 13.2. The highest BCUT2D eigenvalue weighted by Crippen LogP contribution is 2.42. The summed E-state index contributed by atoms with van der Waals surface area (Å²) in [6.07, 6.45) is 0.742. The van der Waals surface area contributed by atoms with Crippen LogP contribution >= 0.6 is 34.9 Å². The fourth-order valence-electron chi connectivity index (χ4n) is 4.40. The molecule has 3 heterocycles. The Labute approximate surface area is 254 Å². The SMILES string of the molecule is C=CCON=C(C(=O)NC1C(=O)N2C(C(=O)OC(c3ccccc3)c3ccccc3)=C(CCl)CS[C@@H]12)c1nsc(N)n1. The number of alkyl halides is 1. The molecule has 2 aromatic carbocycles. The summed E-state index contributed by atoms with van der Waals surface area (Å²) in [6.45, 7) is 3.58. The Morgan fingerprint density at radius 1 is 1.19 bits per heavy atom. The van der Waals surface area contributed by atoms with Crippen LogP contribution in [0.2, 0.25) is 0 Å². The van der Waals surface area contributed by atoms with Crippen molar-refractivity contribution in [2.75, 3.05) is 24.0 Å². The molecule has 0 spiro atoms. The first-order valence-electron chi connectivity index (χ1n) is 12.7. The summed E-state index contributed by atoms with van der Waals surface area (Å²) >= 11 is 8.48. The number of carbonyl (C=O) groups is 3. The van der Waals surface area contributed by atoms with Crippen molar-refractivity contribution in [3.63, 3.8) is 0 Å². The number of esters is 1. The van der Waals surface area contributed by atoms with Crippen LogP contribution < -0.4 is 11.1 Å². The number of carbonyl (C=O) groups excluding carboxylic acids is 3. The Bertz CT molecular complexity index is 1510. The van der Waals surface area contributed by atoms with Crippen molar-refractivity contribution in [1.82, 2.24) is 19.6 Å². The molecule has 3 N–H and O–H groups in total. The van der Waals surface area contributed by atoms with Crippen molar-refractivity contribution in [2.24, 2.45) is 5.16 Å². The largest absolute Gasteiger partial charge is 0.448 e. The number of ether oxygens (including phenoxy) is 1. The Morgan fingerprint density at radius 2 is 1.86 bits per heavy atom. The quantitative estimate of drug-likeness (QED) is 0.0623. The van der Waals surface area contributed by atoms with Gasteiger partial charge < -0.3 is 20.6 Å². The topological polar surface area (TPSA) is 149 Å². The number of halogens is 1. The number of fused-ring (bicyclic) bond motifs is 1. The molecule has 0 aliphatic carbocycles. The van der Waals surface area contributed by atoms with Gasteiger partial charge in [-0.2, -0.15) is 9.36 Å². The Hall–Kier alpha value is -4.20. The van der Waals surface area contributed by atoms with E-state index in [1.807, 2.05) is 60.7 Å². The zero-order valence-electron chi connectivity index (χ0n) is 22.0. The third-order valence-electron chi connectivity index (χ3n) is 6.33. The van der Waals surface area contributed by atoms with E-state index >= 15 is 0 Å². The Kier molecular flexibility index (Phi) is 9.20. The van der Waals surface area contributed by atoms with Gasteiger partial charge in [0, 0.05) is 23.2 Å². The van der Waals surface area contributed by atoms with Crippen LogP contribution in [0.25, 0.3) is 0 Å². The molecule has 216 valence electrons. The molecule has 2 aliphatic heterocycles. The number of nitrogens with zero attached hydrogens (tertiary/aromatic N) is 4. The number of rotatable bonds is 11. The van der Waals surface area contributed by atoms with E-state index in [0.717, 1.165) is 22.7 Å². The van der Waals surface area contributed by atoms with E-state index in [1.54, 1.807) is 0 Å². The molecule has 2 aliphatic rings. The maximum atomic E-state index is 13.7. The minimum Gasteiger partial charge on any atom is -0.448 e. The predicted molar refractivity (Wildman–Crippen MR) is 161 cm³/mol. The summed E-state index contributed by atoms with van der Waals surface area (Å²) in [4.78, 5) is 50.8. The van der Waals surface area contributed by atoms with Crippen molar-refractivity contribution in [1.29, 1.82) is 0 Å². The molecule has 2 atom stereocenters. The third kappa shape index (κ3) is 6.03. The number of aromatic nitrogens is 2. The van der Waals surface area contributed by atoms with Crippen LogP contribution in [-0.2, 0) is 24.0 Å². The summed E-state index contributed by atoms with van der Waals surface area (Å²) < 4.78 is 10.1. The summed E-state index contributed by atoms with van der Waals surface area (Å²) in [5, 5.41) is 6.05. The maximum absolute atomic E-state index is 13.7. The van der Waals surface area contributed by atoms with Gasteiger partial charge in [0.2, 0.25) is 11.5 Å². The zero-order chi connectivity index (χ0) is 29.6. The van der Waals surface area contributed by atoms with Crippen molar-refractivity contribution in [2.45, 2.75) is 17.5 Å². The third-order valence-corrected chi connectivity index (χ3v) is 8.54. The number of nitrogen functional groups attached to an aromatic ring is 1. The van der Waals surface area contributed by atoms with E-state index in [1.165, 1.54) is 22.7 Å². The van der Waals surface area contributed by atoms with Crippen LogP contribution in [0.3, 0.4) is 0 Å². The number of hydrogen-bond acceptors (Lipinski definition) is 11. The van der Waals surface area contributed by atoms with E-state index in [4.69, 9.17) is 26.9 Å². The number of thioether (sulfide) groups is 1. The standard InChI is InChI=1S/C28H25ClN6O5S2/c1-2-13-39-33-19(23-32-28(30)42-34-23)24(36)31-20-25(37)35-21(18(14-29)15-41-26(20)35)27(38)40-22(16-9-5-3-6-10-16)17-11-7-4-8-12-17/h2-12,20,22,26H,1,13-15H2,(H,31,36)(H2,30,32,34)/t20?,26-/m0/s1. The highest BCUT2D eigenvalue weighted by Gasteiger charge is 2.55. The van der Waals surface area contributed by atoms with Gasteiger partial charge in [-0.1, -0.05) is 78.5 Å². The number of nitrogens with one attached hydrogen (secondary N) is 1. The molecule has 2 amide bonds. The van der Waals surface area contributed by atoms with Crippen molar-refractivity contribution >= 4 is 63.5 Å². The number of anilines is 1. The minimum atomic E-state index is -0.957. The van der Waals surface area contributed by atoms with Gasteiger partial charge in [-0.25, -0.2) is 4.79 Å². The molecule has 1 aromatic heterocycles. The van der Waals surface area contributed by atoms with Gasteiger partial charge in [0.15, 0.2) is 11.2 Å². The minimum absolute atomic E-state index is 0.0284. The summed E-state index contributed by atoms with van der Waals surface area (Å²) in [5.74, 6) is -1.57. The first kappa shape index (κ1) is 29.3. The van der Waals surface area contributed by atoms with Gasteiger partial charge in [0.05, 0.1) is 0 Å². The lowest BCUT2D eigenvalue weighted by Gasteiger charge is -2.49. The molecule has 1 saturated heterocycles. The van der Waals surface area contributed by atoms with Crippen LogP contribution in [0.15, 0.2) is 89.7 Å². The number of benzene rings is 2. The maximum Gasteiger partial charge on any atom is 0.356 e. The average molecular weight is 625 g/mol. The molecule has 42 heavy (non-hydrogen) atoms. The monoisotopic (exact) mass is 624 g/mol. The van der Waals surface area contributed by atoms with Gasteiger partial charge in [0.1, 0.15) is 23.7 Å². The fraction of sp³-hybridized carbons (Fsp3) is 0.214. The Balaban J connectivity index is 1.37. The molecule has 14 heteroatoms. The van der Waals surface area contributed by atoms with Crippen LogP contribution in [0.4, 0.5) is 5.13 Å². The lowest BCUT2D eigenvalue weighted by molar-refractivity contribution is -0.154. The molecule has 0 saturated carbocycles. The molecule has 0 bridgehead atoms. The van der Waals surface area contributed by atoms with Gasteiger partial charge >= 0.3 is 5.97 Å². The van der Waals surface area contributed by atoms with Crippen LogP contribution in [-0.4, -0.2) is 67.4 Å². The molecule has 3 aromatic rings. The van der Waals surface area contributed by atoms with Crippen molar-refractivity contribution in [3.8, 4) is 0 Å². The van der Waals surface area contributed by atoms with Crippen LogP contribution in [0.5, 0.6) is 0 Å². The lowest BCUT2D eigenvalue weighted by Crippen LogP contribution is -2.71. The number of amides is 2. The van der Waals surface area contributed by atoms with Gasteiger partial charge in [0.25, 0.3) is 11.8 Å². The summed E-state index contributed by atoms with van der Waals surface area (Å²) in [6, 6.07) is 17.7. The molecule has 5 rings (SSSR count). The van der Waals surface area contributed by atoms with Crippen LogP contribution in [0, 0.1) is 0 Å². The van der Waals surface area contributed by atoms with Gasteiger partial charge in [-0.3, -0.25) is 14.5 Å². The molecule has 1 unspecified atom stereocenters. The number of nitrogens with two attached hydrogens (primary N) is 1. The first-order valence-corrected chi connectivity index (χ1v) is 15.0. The number of hydrogen-bond donors (Lipinski definition) is 2. The van der Waals surface area contributed by atoms with E-state index in [2.05, 4.69) is 26.4 Å². The molecular weight excluding hydrogens is 600 g/mol. The van der Waals surface area contributed by atoms with E-state index in [-0.39, 0.29) is 34.9 Å². The van der Waals surface area contributed by atoms with Crippen molar-refractivity contribution in [3.05, 3.63) is 102 Å². The van der Waals surface area contributed by atoms with Crippen molar-refractivity contribution < 1.29 is 24.0 Å². The van der Waals surface area contributed by atoms with Crippen LogP contribution in [0.1, 0.15) is 23.1 Å². The van der Waals surface area contributed by atoms with E-state index in [9.17, 15) is 14.4 Å². The second-order valence-corrected chi connectivity index (χ2v) is 11.2. The number of β-lactam (4-membered cyclic amide) rings is 1. The molecule has 11 nitrogen and oxygen atoms in total. The average Bonchev–Trinajstić information content (AvgIpc) is 3.46. The molecule has 1 fully saturated rings. The normalized spacial score (nSPS) is 18.3. The lowest BCUT2D eigenvalue weighted by atomic mass is 10.0. The Morgan fingerprint density at radius 3 is 2.43 bits per heavy atom. The number of oxime groups is 1. The summed E-state index contributed by atoms with van der Waals surface area (Å²) in [7, 11) is 0. The molecule has 0 radical (unpaired) electrons. The first-order chi connectivity index (χ1) is 20.4. The fourth-order valence-corrected chi connectivity index (χ4v) is 6.51. The summed E-state index contributed by atoms with van der Waals surface area (Å²) in [5.41, 5.74) is 7.61. The van der Waals surface area contributed by atoms with Gasteiger partial charge in [-0.05, 0) is 16.7 Å². The highest BCUT2D eigenvalue weighted by atomic mass is 35.5. The van der Waals surface area contributed by atoms with E-state index in [0.29, 0.717) is 11.3 Å². The second-order valence-electron chi connectivity index (χ2n) is 9.03. The zero-order valence-corrected chi connectivity index (χ0v) is 24.4.